The third-order valence-corrected chi connectivity index (χ3v) is 10.5. The zero-order valence-corrected chi connectivity index (χ0v) is 33.6. The van der Waals surface area contributed by atoms with Crippen LogP contribution < -0.4 is 10.6 Å². The number of carbonyl (C=O) groups excluding carboxylic acids is 2. The minimum absolute atomic E-state index is 0.0848. The van der Waals surface area contributed by atoms with Crippen LogP contribution in [0.2, 0.25) is 0 Å². The Balaban J connectivity index is 1.89. The molecule has 2 N–H and O–H groups in total. The molecular formula is C46H84N2O2. The number of anilines is 2. The van der Waals surface area contributed by atoms with E-state index in [1.807, 2.05) is 24.3 Å². The summed E-state index contributed by atoms with van der Waals surface area (Å²) >= 11 is 0. The zero-order chi connectivity index (χ0) is 36.0. The van der Waals surface area contributed by atoms with E-state index < -0.39 is 0 Å². The molecule has 0 saturated heterocycles. The Labute approximate surface area is 311 Å². The second kappa shape index (κ2) is 36.9. The van der Waals surface area contributed by atoms with Gasteiger partial charge in [-0.05, 0) is 37.1 Å². The highest BCUT2D eigenvalue weighted by Crippen LogP contribution is 2.18. The van der Waals surface area contributed by atoms with Gasteiger partial charge in [0.05, 0.1) is 0 Å². The molecule has 1 aromatic carbocycles. The molecule has 0 aromatic heterocycles. The first-order valence-electron chi connectivity index (χ1n) is 22.4. The van der Waals surface area contributed by atoms with Crippen LogP contribution >= 0.6 is 0 Å². The largest absolute Gasteiger partial charge is 0.326 e. The minimum atomic E-state index is 0.0848. The lowest BCUT2D eigenvalue weighted by Crippen LogP contribution is -2.12. The Morgan fingerprint density at radius 1 is 0.320 bits per heavy atom. The van der Waals surface area contributed by atoms with Crippen LogP contribution in [0.1, 0.15) is 245 Å². The maximum Gasteiger partial charge on any atom is 0.224 e. The maximum atomic E-state index is 12.4. The second-order valence-corrected chi connectivity index (χ2v) is 15.5. The maximum absolute atomic E-state index is 12.4. The number of nitrogens with one attached hydrogen (secondary N) is 2. The molecule has 290 valence electrons. The molecule has 4 nitrogen and oxygen atoms in total. The van der Waals surface area contributed by atoms with Crippen LogP contribution in [-0.2, 0) is 9.59 Å². The molecule has 2 amide bonds. The minimum Gasteiger partial charge on any atom is -0.326 e. The van der Waals surface area contributed by atoms with Crippen molar-refractivity contribution in [3.05, 3.63) is 24.3 Å². The van der Waals surface area contributed by atoms with Crippen molar-refractivity contribution < 1.29 is 9.59 Å². The van der Waals surface area contributed by atoms with Crippen molar-refractivity contribution in [1.29, 1.82) is 0 Å². The lowest BCUT2D eigenvalue weighted by Gasteiger charge is -2.08. The van der Waals surface area contributed by atoms with Gasteiger partial charge in [0.15, 0.2) is 0 Å². The van der Waals surface area contributed by atoms with E-state index in [-0.39, 0.29) is 11.8 Å². The summed E-state index contributed by atoms with van der Waals surface area (Å²) in [6, 6.07) is 7.55. The fourth-order valence-corrected chi connectivity index (χ4v) is 7.10. The fourth-order valence-electron chi connectivity index (χ4n) is 7.10. The second-order valence-electron chi connectivity index (χ2n) is 15.5. The Bertz CT molecular complexity index is 796. The monoisotopic (exact) mass is 697 g/mol. The van der Waals surface area contributed by atoms with E-state index >= 15 is 0 Å². The summed E-state index contributed by atoms with van der Waals surface area (Å²) < 4.78 is 0. The van der Waals surface area contributed by atoms with Crippen molar-refractivity contribution in [1.82, 2.24) is 0 Å². The lowest BCUT2D eigenvalue weighted by atomic mass is 10.0. The Morgan fingerprint density at radius 3 is 0.700 bits per heavy atom. The molecule has 1 aromatic rings. The van der Waals surface area contributed by atoms with Crippen molar-refractivity contribution >= 4 is 23.2 Å². The van der Waals surface area contributed by atoms with Gasteiger partial charge < -0.3 is 10.6 Å². The normalized spacial score (nSPS) is 11.2. The Hall–Kier alpha value is -1.84. The van der Waals surface area contributed by atoms with Gasteiger partial charge in [-0.3, -0.25) is 9.59 Å². The van der Waals surface area contributed by atoms with Gasteiger partial charge in [0.25, 0.3) is 0 Å². The van der Waals surface area contributed by atoms with E-state index in [1.165, 1.54) is 193 Å². The number of amides is 2. The van der Waals surface area contributed by atoms with Crippen LogP contribution in [-0.4, -0.2) is 11.8 Å². The molecule has 0 saturated carbocycles. The van der Waals surface area contributed by atoms with E-state index in [4.69, 9.17) is 0 Å². The molecule has 0 radical (unpaired) electrons. The molecule has 1 rings (SSSR count). The average molecular weight is 697 g/mol. The summed E-state index contributed by atoms with van der Waals surface area (Å²) in [4.78, 5) is 24.8. The lowest BCUT2D eigenvalue weighted by molar-refractivity contribution is -0.117. The standard InChI is InChI=1S/C46H84N2O2/c1-3-5-7-9-11-13-15-17-19-21-23-25-27-29-31-33-35-37-45(49)47-43-39-41-44(42-40-43)48-46(50)38-36-34-32-30-28-26-24-22-20-18-16-14-12-10-8-6-4-2/h39-42H,3-38H2,1-2H3,(H,47,49)(H,48,50). The van der Waals surface area contributed by atoms with Crippen LogP contribution in [0.5, 0.6) is 0 Å². The number of rotatable bonds is 38. The summed E-state index contributed by atoms with van der Waals surface area (Å²) in [6.07, 6.45) is 47.0. The van der Waals surface area contributed by atoms with E-state index in [0.717, 1.165) is 37.1 Å². The van der Waals surface area contributed by atoms with Gasteiger partial charge in [-0.25, -0.2) is 0 Å². The van der Waals surface area contributed by atoms with Crippen molar-refractivity contribution in [2.75, 3.05) is 10.6 Å². The summed E-state index contributed by atoms with van der Waals surface area (Å²) in [6.45, 7) is 4.57. The van der Waals surface area contributed by atoms with Crippen molar-refractivity contribution in [3.8, 4) is 0 Å². The number of benzene rings is 1. The first-order valence-corrected chi connectivity index (χ1v) is 22.4. The fraction of sp³-hybridized carbons (Fsp3) is 0.826. The first-order chi connectivity index (χ1) is 24.7. The third-order valence-electron chi connectivity index (χ3n) is 10.5. The van der Waals surface area contributed by atoms with Gasteiger partial charge >= 0.3 is 0 Å². The predicted octanol–water partition coefficient (Wildman–Crippen LogP) is 15.6. The zero-order valence-electron chi connectivity index (χ0n) is 33.6. The molecule has 0 fully saturated rings. The van der Waals surface area contributed by atoms with E-state index in [0.29, 0.717) is 12.8 Å². The summed E-state index contributed by atoms with van der Waals surface area (Å²) in [5, 5.41) is 6.02. The van der Waals surface area contributed by atoms with Crippen LogP contribution in [0, 0.1) is 0 Å². The SMILES string of the molecule is CCCCCCCCCCCCCCCCCCCC(=O)Nc1ccc(NC(=O)CCCCCCCCCCCCCCCCCCC)cc1. The molecule has 0 atom stereocenters. The third kappa shape index (κ3) is 32.1. The topological polar surface area (TPSA) is 58.2 Å². The molecule has 0 heterocycles. The highest BCUT2D eigenvalue weighted by Gasteiger charge is 2.05. The molecule has 50 heavy (non-hydrogen) atoms. The molecular weight excluding hydrogens is 613 g/mol. The van der Waals surface area contributed by atoms with Crippen molar-refractivity contribution in [3.63, 3.8) is 0 Å². The van der Waals surface area contributed by atoms with Crippen LogP contribution in [0.15, 0.2) is 24.3 Å². The van der Waals surface area contributed by atoms with Gasteiger partial charge in [-0.15, -0.1) is 0 Å². The number of hydrogen-bond donors (Lipinski definition) is 2. The van der Waals surface area contributed by atoms with Crippen LogP contribution in [0.3, 0.4) is 0 Å². The van der Waals surface area contributed by atoms with Crippen molar-refractivity contribution in [2.24, 2.45) is 0 Å². The number of unbranched alkanes of at least 4 members (excludes halogenated alkanes) is 32. The van der Waals surface area contributed by atoms with Crippen LogP contribution in [0.25, 0.3) is 0 Å². The van der Waals surface area contributed by atoms with Gasteiger partial charge in [0, 0.05) is 24.2 Å². The Kier molecular flexibility index (Phi) is 34.1. The highest BCUT2D eigenvalue weighted by atomic mass is 16.2. The first kappa shape index (κ1) is 46.2. The van der Waals surface area contributed by atoms with Gasteiger partial charge in [0.1, 0.15) is 0 Å². The molecule has 0 aliphatic heterocycles. The summed E-state index contributed by atoms with van der Waals surface area (Å²) in [5.74, 6) is 0.170. The van der Waals surface area contributed by atoms with Crippen molar-refractivity contribution in [2.45, 2.75) is 245 Å². The smallest absolute Gasteiger partial charge is 0.224 e. The van der Waals surface area contributed by atoms with E-state index in [9.17, 15) is 9.59 Å². The van der Waals surface area contributed by atoms with Gasteiger partial charge in [0.2, 0.25) is 11.8 Å². The molecule has 0 bridgehead atoms. The van der Waals surface area contributed by atoms with E-state index in [1.54, 1.807) is 0 Å². The molecule has 0 aliphatic rings. The number of hydrogen-bond acceptors (Lipinski definition) is 2. The molecule has 0 unspecified atom stereocenters. The quantitative estimate of drug-likeness (QED) is 0.0676. The summed E-state index contributed by atoms with van der Waals surface area (Å²) in [7, 11) is 0. The molecule has 0 aliphatic carbocycles. The van der Waals surface area contributed by atoms with E-state index in [2.05, 4.69) is 24.5 Å². The predicted molar refractivity (Wildman–Crippen MR) is 221 cm³/mol. The van der Waals surface area contributed by atoms with Gasteiger partial charge in [-0.1, -0.05) is 219 Å². The average Bonchev–Trinajstić information content (AvgIpc) is 3.11. The summed E-state index contributed by atoms with van der Waals surface area (Å²) in [5.41, 5.74) is 1.60. The Morgan fingerprint density at radius 2 is 0.500 bits per heavy atom. The molecule has 4 heteroatoms. The highest BCUT2D eigenvalue weighted by molar-refractivity contribution is 5.92. The van der Waals surface area contributed by atoms with Crippen LogP contribution in [0.4, 0.5) is 11.4 Å². The van der Waals surface area contributed by atoms with Gasteiger partial charge in [-0.2, -0.15) is 0 Å². The number of carbonyl (C=O) groups is 2. The molecule has 0 spiro atoms.